The van der Waals surface area contributed by atoms with E-state index in [0.717, 1.165) is 24.8 Å². The molecule has 0 radical (unpaired) electrons. The fourth-order valence-electron chi connectivity index (χ4n) is 3.21. The van der Waals surface area contributed by atoms with Crippen LogP contribution in [-0.2, 0) is 4.79 Å². The Morgan fingerprint density at radius 3 is 2.68 bits per heavy atom. The number of hydrogen-bond acceptors (Lipinski definition) is 1. The van der Waals surface area contributed by atoms with E-state index in [1.807, 2.05) is 24.3 Å². The summed E-state index contributed by atoms with van der Waals surface area (Å²) in [7, 11) is 0. The molecule has 1 aromatic carbocycles. The first kappa shape index (κ1) is 14.4. The van der Waals surface area contributed by atoms with Gasteiger partial charge in [-0.05, 0) is 54.7 Å². The topological polar surface area (TPSA) is 37.3 Å². The highest BCUT2D eigenvalue weighted by Crippen LogP contribution is 2.43. The Hall–Kier alpha value is -1.02. The van der Waals surface area contributed by atoms with Crippen LogP contribution in [0.2, 0.25) is 5.02 Å². The Balaban J connectivity index is 2.27. The Morgan fingerprint density at radius 2 is 2.11 bits per heavy atom. The predicted octanol–water partition coefficient (Wildman–Crippen LogP) is 4.58. The summed E-state index contributed by atoms with van der Waals surface area (Å²) in [5.74, 6) is 0.369. The molecule has 0 saturated heterocycles. The smallest absolute Gasteiger partial charge is 0.307 e. The summed E-state index contributed by atoms with van der Waals surface area (Å²) in [6.07, 6.45) is 2.75. The number of hydrogen-bond donors (Lipinski definition) is 1. The highest BCUT2D eigenvalue weighted by atomic mass is 35.5. The van der Waals surface area contributed by atoms with E-state index in [9.17, 15) is 9.90 Å². The van der Waals surface area contributed by atoms with Crippen molar-refractivity contribution in [3.8, 4) is 0 Å². The first-order chi connectivity index (χ1) is 8.99. The molecule has 0 aliphatic heterocycles. The van der Waals surface area contributed by atoms with Crippen LogP contribution in [0.3, 0.4) is 0 Å². The first-order valence-electron chi connectivity index (χ1n) is 6.97. The van der Waals surface area contributed by atoms with Crippen LogP contribution >= 0.6 is 11.6 Å². The third-order valence-electron chi connectivity index (χ3n) is 4.43. The van der Waals surface area contributed by atoms with E-state index < -0.39 is 5.97 Å². The molecule has 2 rings (SSSR count). The second-order valence-corrected chi connectivity index (χ2v) is 6.36. The minimum atomic E-state index is -0.674. The fraction of sp³-hybridized carbons (Fsp3) is 0.562. The standard InChI is InChI=1S/C16H21ClO2/c1-10(2)11-6-7-14(16(18)19)15(9-11)12-4-3-5-13(17)8-12/h3-5,8,10-11,14-15H,6-7,9H2,1-2H3,(H,18,19). The molecular weight excluding hydrogens is 260 g/mol. The minimum absolute atomic E-state index is 0.0948. The number of rotatable bonds is 3. The molecule has 1 fully saturated rings. The second-order valence-electron chi connectivity index (χ2n) is 5.92. The number of carbonyl (C=O) groups is 1. The zero-order chi connectivity index (χ0) is 14.0. The van der Waals surface area contributed by atoms with Gasteiger partial charge in [-0.3, -0.25) is 4.79 Å². The van der Waals surface area contributed by atoms with Crippen LogP contribution in [-0.4, -0.2) is 11.1 Å². The normalized spacial score (nSPS) is 27.5. The summed E-state index contributed by atoms with van der Waals surface area (Å²) >= 11 is 6.04. The monoisotopic (exact) mass is 280 g/mol. The van der Waals surface area contributed by atoms with Gasteiger partial charge in [-0.2, -0.15) is 0 Å². The van der Waals surface area contributed by atoms with Crippen LogP contribution in [0.15, 0.2) is 24.3 Å². The summed E-state index contributed by atoms with van der Waals surface area (Å²) in [6, 6.07) is 7.68. The van der Waals surface area contributed by atoms with Gasteiger partial charge in [-0.1, -0.05) is 37.6 Å². The van der Waals surface area contributed by atoms with E-state index in [1.165, 1.54) is 0 Å². The molecule has 1 aliphatic rings. The van der Waals surface area contributed by atoms with E-state index in [4.69, 9.17) is 11.6 Å². The molecule has 3 atom stereocenters. The predicted molar refractivity (Wildman–Crippen MR) is 77.5 cm³/mol. The van der Waals surface area contributed by atoms with Crippen molar-refractivity contribution in [1.82, 2.24) is 0 Å². The van der Waals surface area contributed by atoms with Crippen LogP contribution in [0.4, 0.5) is 0 Å². The van der Waals surface area contributed by atoms with Crippen LogP contribution in [0, 0.1) is 17.8 Å². The second kappa shape index (κ2) is 5.96. The van der Waals surface area contributed by atoms with Gasteiger partial charge in [-0.25, -0.2) is 0 Å². The molecule has 0 amide bonds. The molecule has 0 bridgehead atoms. The molecule has 3 unspecified atom stereocenters. The molecule has 1 aliphatic carbocycles. The average Bonchev–Trinajstić information content (AvgIpc) is 2.37. The molecular formula is C16H21ClO2. The number of benzene rings is 1. The number of carboxylic acid groups (broad SMARTS) is 1. The largest absolute Gasteiger partial charge is 0.481 e. The Labute approximate surface area is 119 Å². The summed E-state index contributed by atoms with van der Waals surface area (Å²) in [4.78, 5) is 11.5. The van der Waals surface area contributed by atoms with Gasteiger partial charge in [0.1, 0.15) is 0 Å². The number of aliphatic carboxylic acids is 1. The molecule has 1 saturated carbocycles. The van der Waals surface area contributed by atoms with Gasteiger partial charge in [0.15, 0.2) is 0 Å². The molecule has 1 N–H and O–H groups in total. The molecule has 0 spiro atoms. The van der Waals surface area contributed by atoms with Gasteiger partial charge >= 0.3 is 5.97 Å². The molecule has 19 heavy (non-hydrogen) atoms. The highest BCUT2D eigenvalue weighted by molar-refractivity contribution is 6.30. The van der Waals surface area contributed by atoms with E-state index in [0.29, 0.717) is 16.9 Å². The van der Waals surface area contributed by atoms with Crippen molar-refractivity contribution in [2.45, 2.75) is 39.0 Å². The van der Waals surface area contributed by atoms with E-state index in [1.54, 1.807) is 0 Å². The van der Waals surface area contributed by atoms with E-state index >= 15 is 0 Å². The van der Waals surface area contributed by atoms with Gasteiger partial charge < -0.3 is 5.11 Å². The lowest BCUT2D eigenvalue weighted by Gasteiger charge is -2.36. The van der Waals surface area contributed by atoms with Gasteiger partial charge in [0, 0.05) is 5.02 Å². The van der Waals surface area contributed by atoms with E-state index in [-0.39, 0.29) is 11.8 Å². The SMILES string of the molecule is CC(C)C1CCC(C(=O)O)C(c2cccc(Cl)c2)C1. The maximum Gasteiger partial charge on any atom is 0.307 e. The van der Waals surface area contributed by atoms with Crippen LogP contribution < -0.4 is 0 Å². The van der Waals surface area contributed by atoms with Crippen molar-refractivity contribution >= 4 is 17.6 Å². The quantitative estimate of drug-likeness (QED) is 0.880. The molecule has 3 heteroatoms. The maximum absolute atomic E-state index is 11.5. The van der Waals surface area contributed by atoms with Crippen molar-refractivity contribution in [1.29, 1.82) is 0 Å². The van der Waals surface area contributed by atoms with Crippen LogP contribution in [0.25, 0.3) is 0 Å². The molecule has 1 aromatic rings. The Bertz CT molecular complexity index is 456. The first-order valence-corrected chi connectivity index (χ1v) is 7.35. The maximum atomic E-state index is 11.5. The van der Waals surface area contributed by atoms with Gasteiger partial charge in [-0.15, -0.1) is 0 Å². The summed E-state index contributed by atoms with van der Waals surface area (Å²) in [6.45, 7) is 4.45. The van der Waals surface area contributed by atoms with Crippen LogP contribution in [0.5, 0.6) is 0 Å². The van der Waals surface area contributed by atoms with Crippen LogP contribution in [0.1, 0.15) is 44.6 Å². The zero-order valence-corrected chi connectivity index (χ0v) is 12.2. The Kier molecular flexibility index (Phi) is 4.51. The highest BCUT2D eigenvalue weighted by Gasteiger charge is 2.36. The molecule has 2 nitrogen and oxygen atoms in total. The van der Waals surface area contributed by atoms with Gasteiger partial charge in [0.25, 0.3) is 0 Å². The molecule has 0 aromatic heterocycles. The van der Waals surface area contributed by atoms with Crippen molar-refractivity contribution in [2.75, 3.05) is 0 Å². The lowest BCUT2D eigenvalue weighted by atomic mass is 9.68. The summed E-state index contributed by atoms with van der Waals surface area (Å²) < 4.78 is 0. The zero-order valence-electron chi connectivity index (χ0n) is 11.5. The summed E-state index contributed by atoms with van der Waals surface area (Å²) in [5, 5.41) is 10.1. The fourth-order valence-corrected chi connectivity index (χ4v) is 3.41. The van der Waals surface area contributed by atoms with Crippen molar-refractivity contribution < 1.29 is 9.90 Å². The third-order valence-corrected chi connectivity index (χ3v) is 4.66. The van der Waals surface area contributed by atoms with Crippen molar-refractivity contribution in [3.05, 3.63) is 34.9 Å². The molecule has 104 valence electrons. The third kappa shape index (κ3) is 3.30. The van der Waals surface area contributed by atoms with E-state index in [2.05, 4.69) is 13.8 Å². The minimum Gasteiger partial charge on any atom is -0.481 e. The van der Waals surface area contributed by atoms with Crippen molar-refractivity contribution in [2.24, 2.45) is 17.8 Å². The lowest BCUT2D eigenvalue weighted by molar-refractivity contribution is -0.144. The number of carboxylic acids is 1. The summed E-state index contributed by atoms with van der Waals surface area (Å²) in [5.41, 5.74) is 1.07. The van der Waals surface area contributed by atoms with Crippen molar-refractivity contribution in [3.63, 3.8) is 0 Å². The molecule has 0 heterocycles. The van der Waals surface area contributed by atoms with Gasteiger partial charge in [0.2, 0.25) is 0 Å². The lowest BCUT2D eigenvalue weighted by Crippen LogP contribution is -2.31. The number of halogens is 1. The average molecular weight is 281 g/mol. The van der Waals surface area contributed by atoms with Gasteiger partial charge in [0.05, 0.1) is 5.92 Å². The Morgan fingerprint density at radius 1 is 1.37 bits per heavy atom.